The molecule has 0 aromatic heterocycles. The van der Waals surface area contributed by atoms with Crippen molar-refractivity contribution in [2.45, 2.75) is 45.8 Å². The number of rotatable bonds is 5. The average molecular weight is 271 g/mol. The third kappa shape index (κ3) is 4.16. The lowest BCUT2D eigenvalue weighted by molar-refractivity contribution is -0.138. The first-order chi connectivity index (χ1) is 8.88. The summed E-state index contributed by atoms with van der Waals surface area (Å²) in [5.41, 5.74) is 5.97. The van der Waals surface area contributed by atoms with Crippen LogP contribution < -0.4 is 5.73 Å². The number of methoxy groups -OCH3 is 1. The van der Waals surface area contributed by atoms with Crippen molar-refractivity contribution >= 4 is 5.91 Å². The van der Waals surface area contributed by atoms with E-state index >= 15 is 0 Å². The Balaban J connectivity index is 2.61. The molecular formula is C14H29N3O2. The van der Waals surface area contributed by atoms with E-state index in [0.29, 0.717) is 12.1 Å². The molecule has 1 aliphatic rings. The van der Waals surface area contributed by atoms with Gasteiger partial charge in [0.15, 0.2) is 0 Å². The molecule has 0 aromatic carbocycles. The van der Waals surface area contributed by atoms with Gasteiger partial charge in [0.1, 0.15) is 0 Å². The van der Waals surface area contributed by atoms with E-state index in [1.54, 1.807) is 7.11 Å². The highest BCUT2D eigenvalue weighted by molar-refractivity contribution is 5.82. The first kappa shape index (κ1) is 16.4. The van der Waals surface area contributed by atoms with Crippen molar-refractivity contribution in [3.8, 4) is 0 Å². The Morgan fingerprint density at radius 1 is 1.32 bits per heavy atom. The van der Waals surface area contributed by atoms with Crippen LogP contribution in [0.15, 0.2) is 0 Å². The number of carbonyl (C=O) groups excluding carboxylic acids is 1. The fraction of sp³-hybridized carbons (Fsp3) is 0.929. The van der Waals surface area contributed by atoms with Gasteiger partial charge in [-0.3, -0.25) is 9.69 Å². The highest BCUT2D eigenvalue weighted by Gasteiger charge is 2.33. The highest BCUT2D eigenvalue weighted by atomic mass is 16.5. The van der Waals surface area contributed by atoms with E-state index in [9.17, 15) is 4.79 Å². The van der Waals surface area contributed by atoms with Gasteiger partial charge < -0.3 is 15.4 Å². The molecule has 112 valence electrons. The number of hydrogen-bond acceptors (Lipinski definition) is 4. The third-order valence-electron chi connectivity index (χ3n) is 3.97. The summed E-state index contributed by atoms with van der Waals surface area (Å²) in [6.45, 7) is 11.5. The van der Waals surface area contributed by atoms with Crippen molar-refractivity contribution in [2.24, 2.45) is 11.7 Å². The Bertz CT molecular complexity index is 284. The van der Waals surface area contributed by atoms with E-state index in [4.69, 9.17) is 10.5 Å². The van der Waals surface area contributed by atoms with Crippen LogP contribution in [-0.2, 0) is 9.53 Å². The van der Waals surface area contributed by atoms with Gasteiger partial charge in [-0.25, -0.2) is 0 Å². The molecule has 0 radical (unpaired) electrons. The molecule has 0 bridgehead atoms. The molecule has 19 heavy (non-hydrogen) atoms. The maximum atomic E-state index is 12.3. The maximum Gasteiger partial charge on any atom is 0.239 e. The molecule has 1 rings (SSSR count). The minimum atomic E-state index is -0.384. The van der Waals surface area contributed by atoms with Gasteiger partial charge >= 0.3 is 0 Å². The molecule has 1 saturated heterocycles. The summed E-state index contributed by atoms with van der Waals surface area (Å²) >= 11 is 0. The van der Waals surface area contributed by atoms with Crippen LogP contribution in [0.3, 0.4) is 0 Å². The van der Waals surface area contributed by atoms with Crippen LogP contribution in [0.4, 0.5) is 0 Å². The molecule has 0 saturated carbocycles. The number of piperazine rings is 1. The van der Waals surface area contributed by atoms with E-state index in [-0.39, 0.29) is 17.9 Å². The number of nitrogens with two attached hydrogens (primary N) is 1. The fourth-order valence-corrected chi connectivity index (χ4v) is 2.67. The van der Waals surface area contributed by atoms with Crippen LogP contribution in [0.2, 0.25) is 0 Å². The molecule has 0 aliphatic carbocycles. The summed E-state index contributed by atoms with van der Waals surface area (Å²) in [5, 5.41) is 0. The minimum Gasteiger partial charge on any atom is -0.383 e. The molecule has 1 amide bonds. The molecule has 1 fully saturated rings. The summed E-state index contributed by atoms with van der Waals surface area (Å²) in [5.74, 6) is 0.268. The first-order valence-corrected chi connectivity index (χ1v) is 7.17. The number of ether oxygens (including phenoxy) is 1. The molecule has 5 heteroatoms. The van der Waals surface area contributed by atoms with Crippen LogP contribution in [0, 0.1) is 5.92 Å². The summed E-state index contributed by atoms with van der Waals surface area (Å²) in [6, 6.07) is 0.314. The number of amides is 1. The van der Waals surface area contributed by atoms with Gasteiger partial charge in [-0.2, -0.15) is 0 Å². The zero-order valence-corrected chi connectivity index (χ0v) is 12.9. The topological polar surface area (TPSA) is 58.8 Å². The predicted octanol–water partition coefficient (Wildman–Crippen LogP) is 0.537. The van der Waals surface area contributed by atoms with Gasteiger partial charge in [-0.1, -0.05) is 13.8 Å². The minimum absolute atomic E-state index is 0.0834. The smallest absolute Gasteiger partial charge is 0.239 e. The Labute approximate surface area is 117 Å². The van der Waals surface area contributed by atoms with E-state index in [1.807, 2.05) is 18.7 Å². The molecule has 5 nitrogen and oxygen atoms in total. The summed E-state index contributed by atoms with van der Waals surface area (Å²) in [7, 11) is 1.72. The second-order valence-corrected chi connectivity index (χ2v) is 5.94. The number of nitrogens with zero attached hydrogens (tertiary/aromatic N) is 2. The van der Waals surface area contributed by atoms with Crippen molar-refractivity contribution in [3.63, 3.8) is 0 Å². The SMILES string of the molecule is COCCN1[C@H](C)CN(C(=O)[C@@H](N)C(C)C)C[C@H]1C. The monoisotopic (exact) mass is 271 g/mol. The Morgan fingerprint density at radius 2 is 1.84 bits per heavy atom. The van der Waals surface area contributed by atoms with E-state index in [2.05, 4.69) is 18.7 Å². The lowest BCUT2D eigenvalue weighted by Crippen LogP contribution is -2.61. The third-order valence-corrected chi connectivity index (χ3v) is 3.97. The first-order valence-electron chi connectivity index (χ1n) is 7.17. The van der Waals surface area contributed by atoms with Crippen molar-refractivity contribution in [1.82, 2.24) is 9.80 Å². The zero-order chi connectivity index (χ0) is 14.6. The van der Waals surface area contributed by atoms with Crippen LogP contribution in [0.25, 0.3) is 0 Å². The highest BCUT2D eigenvalue weighted by Crippen LogP contribution is 2.17. The number of carbonyl (C=O) groups is 1. The summed E-state index contributed by atoms with van der Waals surface area (Å²) in [6.07, 6.45) is 0. The largest absolute Gasteiger partial charge is 0.383 e. The lowest BCUT2D eigenvalue weighted by Gasteiger charge is -2.45. The molecule has 1 aliphatic heterocycles. The van der Waals surface area contributed by atoms with Crippen molar-refractivity contribution in [2.75, 3.05) is 33.4 Å². The van der Waals surface area contributed by atoms with E-state index in [1.165, 1.54) is 0 Å². The van der Waals surface area contributed by atoms with Gasteiger partial charge in [0.05, 0.1) is 12.6 Å². The molecule has 3 atom stereocenters. The fourth-order valence-electron chi connectivity index (χ4n) is 2.67. The summed E-state index contributed by atoms with van der Waals surface area (Å²) < 4.78 is 5.14. The molecule has 0 aromatic rings. The van der Waals surface area contributed by atoms with Crippen molar-refractivity contribution in [1.29, 1.82) is 0 Å². The Morgan fingerprint density at radius 3 is 2.26 bits per heavy atom. The predicted molar refractivity (Wildman–Crippen MR) is 76.9 cm³/mol. The molecular weight excluding hydrogens is 242 g/mol. The van der Waals surface area contributed by atoms with Gasteiger partial charge in [0.2, 0.25) is 5.91 Å². The summed E-state index contributed by atoms with van der Waals surface area (Å²) in [4.78, 5) is 16.6. The molecule has 2 N–H and O–H groups in total. The molecule has 1 heterocycles. The van der Waals surface area contributed by atoms with E-state index in [0.717, 1.165) is 26.2 Å². The van der Waals surface area contributed by atoms with Crippen LogP contribution in [-0.4, -0.2) is 67.2 Å². The van der Waals surface area contributed by atoms with Gasteiger partial charge in [-0.15, -0.1) is 0 Å². The second kappa shape index (κ2) is 7.22. The second-order valence-electron chi connectivity index (χ2n) is 5.94. The number of hydrogen-bond donors (Lipinski definition) is 1. The van der Waals surface area contributed by atoms with Crippen molar-refractivity contribution in [3.05, 3.63) is 0 Å². The molecule has 0 spiro atoms. The normalized spacial score (nSPS) is 26.8. The van der Waals surface area contributed by atoms with Crippen LogP contribution in [0.5, 0.6) is 0 Å². The van der Waals surface area contributed by atoms with Gasteiger partial charge in [-0.05, 0) is 19.8 Å². The van der Waals surface area contributed by atoms with E-state index < -0.39 is 0 Å². The zero-order valence-electron chi connectivity index (χ0n) is 12.9. The standard InChI is InChI=1S/C14H29N3O2/c1-10(2)13(15)14(18)16-8-11(3)17(6-7-19-5)12(4)9-16/h10-13H,6-9,15H2,1-5H3/t11-,12-,13+/m1/s1. The Kier molecular flexibility index (Phi) is 6.23. The maximum absolute atomic E-state index is 12.3. The lowest BCUT2D eigenvalue weighted by atomic mass is 10.0. The molecule has 0 unspecified atom stereocenters. The van der Waals surface area contributed by atoms with Crippen LogP contribution >= 0.6 is 0 Å². The Hall–Kier alpha value is -0.650. The average Bonchev–Trinajstić information content (AvgIpc) is 2.35. The van der Waals surface area contributed by atoms with Gasteiger partial charge in [0.25, 0.3) is 0 Å². The van der Waals surface area contributed by atoms with Gasteiger partial charge in [0, 0.05) is 38.8 Å². The van der Waals surface area contributed by atoms with Crippen molar-refractivity contribution < 1.29 is 9.53 Å². The van der Waals surface area contributed by atoms with Crippen LogP contribution in [0.1, 0.15) is 27.7 Å². The quantitative estimate of drug-likeness (QED) is 0.793.